The molecule has 0 radical (unpaired) electrons. The number of aromatic nitrogens is 2. The first-order chi connectivity index (χ1) is 11.7. The molecule has 1 aromatic rings. The van der Waals surface area contributed by atoms with Gasteiger partial charge in [-0.2, -0.15) is 4.98 Å². The van der Waals surface area contributed by atoms with Gasteiger partial charge in [-0.05, 0) is 32.6 Å². The average molecular weight is 333 g/mol. The van der Waals surface area contributed by atoms with Gasteiger partial charge >= 0.3 is 0 Å². The zero-order valence-electron chi connectivity index (χ0n) is 15.2. The molecule has 0 aliphatic carbocycles. The van der Waals surface area contributed by atoms with Crippen LogP contribution in [0.2, 0.25) is 0 Å². The van der Waals surface area contributed by atoms with Crippen molar-refractivity contribution in [3.8, 4) is 5.88 Å². The van der Waals surface area contributed by atoms with Crippen molar-refractivity contribution < 1.29 is 9.47 Å². The van der Waals surface area contributed by atoms with Crippen molar-refractivity contribution in [1.29, 1.82) is 0 Å². The molecular weight excluding hydrogens is 302 g/mol. The summed E-state index contributed by atoms with van der Waals surface area (Å²) < 4.78 is 11.8. The summed E-state index contributed by atoms with van der Waals surface area (Å²) in [6.07, 6.45) is 7.08. The molecule has 0 saturated carbocycles. The standard InChI is InChI=1S/C19H31N3O2/c1-4-6-9-18(15-22-10-7-12-23-13-11-22)24-19-14-17(8-5-2)20-16(3)21-19/h4,14,18H,1,5-13,15H2,2-3H3/t18-/m1/s1. The normalized spacial score (nSPS) is 17.2. The van der Waals surface area contributed by atoms with E-state index in [0.717, 1.165) is 76.5 Å². The van der Waals surface area contributed by atoms with E-state index in [4.69, 9.17) is 9.47 Å². The van der Waals surface area contributed by atoms with Crippen molar-refractivity contribution in [2.75, 3.05) is 32.8 Å². The minimum atomic E-state index is 0.116. The number of ether oxygens (including phenoxy) is 2. The molecule has 2 heterocycles. The Kier molecular flexibility index (Phi) is 8.19. The van der Waals surface area contributed by atoms with Crippen molar-refractivity contribution >= 4 is 0 Å². The zero-order chi connectivity index (χ0) is 17.2. The van der Waals surface area contributed by atoms with Gasteiger partial charge in [0.2, 0.25) is 5.88 Å². The third kappa shape index (κ3) is 6.57. The van der Waals surface area contributed by atoms with E-state index in [0.29, 0.717) is 5.88 Å². The summed E-state index contributed by atoms with van der Waals surface area (Å²) in [6, 6.07) is 1.99. The van der Waals surface area contributed by atoms with Crippen LogP contribution in [-0.4, -0.2) is 53.8 Å². The first kappa shape index (κ1) is 18.9. The lowest BCUT2D eigenvalue weighted by molar-refractivity contribution is 0.109. The molecule has 1 saturated heterocycles. The summed E-state index contributed by atoms with van der Waals surface area (Å²) in [7, 11) is 0. The molecule has 24 heavy (non-hydrogen) atoms. The van der Waals surface area contributed by atoms with Gasteiger partial charge in [0, 0.05) is 38.0 Å². The fourth-order valence-corrected chi connectivity index (χ4v) is 2.97. The number of hydrogen-bond acceptors (Lipinski definition) is 5. The highest BCUT2D eigenvalue weighted by Gasteiger charge is 2.18. The molecule has 0 amide bonds. The molecule has 5 nitrogen and oxygen atoms in total. The van der Waals surface area contributed by atoms with Crippen molar-refractivity contribution in [2.24, 2.45) is 0 Å². The van der Waals surface area contributed by atoms with Gasteiger partial charge in [0.05, 0.1) is 6.61 Å². The molecule has 1 aromatic heterocycles. The third-order valence-electron chi connectivity index (χ3n) is 4.13. The van der Waals surface area contributed by atoms with E-state index in [2.05, 4.69) is 28.4 Å². The lowest BCUT2D eigenvalue weighted by atomic mass is 10.1. The summed E-state index contributed by atoms with van der Waals surface area (Å²) in [5, 5.41) is 0. The van der Waals surface area contributed by atoms with E-state index in [-0.39, 0.29) is 6.10 Å². The fraction of sp³-hybridized carbons (Fsp3) is 0.684. The van der Waals surface area contributed by atoms with Crippen LogP contribution in [0.1, 0.15) is 44.1 Å². The van der Waals surface area contributed by atoms with Crippen molar-refractivity contribution in [2.45, 2.75) is 52.1 Å². The van der Waals surface area contributed by atoms with Gasteiger partial charge in [-0.3, -0.25) is 4.90 Å². The Morgan fingerprint density at radius 1 is 1.38 bits per heavy atom. The minimum absolute atomic E-state index is 0.116. The van der Waals surface area contributed by atoms with Crippen molar-refractivity contribution in [1.82, 2.24) is 14.9 Å². The quantitative estimate of drug-likeness (QED) is 0.650. The van der Waals surface area contributed by atoms with E-state index in [1.165, 1.54) is 0 Å². The highest BCUT2D eigenvalue weighted by molar-refractivity contribution is 5.16. The second kappa shape index (κ2) is 10.4. The Morgan fingerprint density at radius 3 is 3.04 bits per heavy atom. The van der Waals surface area contributed by atoms with Gasteiger partial charge in [0.25, 0.3) is 0 Å². The van der Waals surface area contributed by atoms with Crippen LogP contribution in [0.5, 0.6) is 5.88 Å². The van der Waals surface area contributed by atoms with Gasteiger partial charge in [-0.25, -0.2) is 4.98 Å². The van der Waals surface area contributed by atoms with Crippen LogP contribution in [-0.2, 0) is 11.2 Å². The highest BCUT2D eigenvalue weighted by atomic mass is 16.5. The SMILES string of the molecule is C=CCC[C@H](CN1CCCOCC1)Oc1cc(CCC)nc(C)n1. The number of hydrogen-bond donors (Lipinski definition) is 0. The molecule has 0 aromatic carbocycles. The molecule has 0 N–H and O–H groups in total. The van der Waals surface area contributed by atoms with Crippen LogP contribution in [0.25, 0.3) is 0 Å². The Balaban J connectivity index is 2.02. The van der Waals surface area contributed by atoms with E-state index >= 15 is 0 Å². The molecule has 134 valence electrons. The zero-order valence-corrected chi connectivity index (χ0v) is 15.2. The number of aryl methyl sites for hydroxylation is 2. The third-order valence-corrected chi connectivity index (χ3v) is 4.13. The van der Waals surface area contributed by atoms with E-state index in [9.17, 15) is 0 Å². The lowest BCUT2D eigenvalue weighted by Gasteiger charge is -2.26. The van der Waals surface area contributed by atoms with E-state index in [1.807, 2.05) is 19.1 Å². The van der Waals surface area contributed by atoms with E-state index in [1.54, 1.807) is 0 Å². The summed E-state index contributed by atoms with van der Waals surface area (Å²) in [4.78, 5) is 11.4. The predicted molar refractivity (Wildman–Crippen MR) is 96.5 cm³/mol. The molecule has 1 aliphatic rings. The van der Waals surface area contributed by atoms with Gasteiger partial charge in [0.1, 0.15) is 11.9 Å². The maximum absolute atomic E-state index is 6.25. The molecular formula is C19H31N3O2. The first-order valence-corrected chi connectivity index (χ1v) is 9.13. The first-order valence-electron chi connectivity index (χ1n) is 9.13. The second-order valence-electron chi connectivity index (χ2n) is 6.37. The van der Waals surface area contributed by atoms with Crippen LogP contribution < -0.4 is 4.74 Å². The van der Waals surface area contributed by atoms with Gasteiger partial charge in [0.15, 0.2) is 0 Å². The number of allylic oxidation sites excluding steroid dienone is 1. The second-order valence-corrected chi connectivity index (χ2v) is 6.37. The van der Waals surface area contributed by atoms with Gasteiger partial charge < -0.3 is 9.47 Å². The largest absolute Gasteiger partial charge is 0.473 e. The molecule has 2 rings (SSSR count). The Morgan fingerprint density at radius 2 is 2.25 bits per heavy atom. The number of nitrogens with zero attached hydrogens (tertiary/aromatic N) is 3. The maximum Gasteiger partial charge on any atom is 0.217 e. The van der Waals surface area contributed by atoms with Crippen LogP contribution in [0, 0.1) is 6.92 Å². The van der Waals surface area contributed by atoms with Crippen LogP contribution in [0.3, 0.4) is 0 Å². The summed E-state index contributed by atoms with van der Waals surface area (Å²) in [5.41, 5.74) is 1.06. The highest BCUT2D eigenvalue weighted by Crippen LogP contribution is 2.16. The average Bonchev–Trinajstić information content (AvgIpc) is 2.81. The molecule has 5 heteroatoms. The van der Waals surface area contributed by atoms with E-state index < -0.39 is 0 Å². The Bertz CT molecular complexity index is 499. The van der Waals surface area contributed by atoms with Gasteiger partial charge in [-0.1, -0.05) is 19.4 Å². The fourth-order valence-electron chi connectivity index (χ4n) is 2.97. The minimum Gasteiger partial charge on any atom is -0.473 e. The van der Waals surface area contributed by atoms with Crippen LogP contribution in [0.4, 0.5) is 0 Å². The number of rotatable bonds is 9. The maximum atomic E-state index is 6.25. The predicted octanol–water partition coefficient (Wildman–Crippen LogP) is 3.17. The topological polar surface area (TPSA) is 47.5 Å². The molecule has 0 bridgehead atoms. The van der Waals surface area contributed by atoms with Gasteiger partial charge in [-0.15, -0.1) is 6.58 Å². The molecule has 1 atom stereocenters. The molecule has 1 fully saturated rings. The monoisotopic (exact) mass is 333 g/mol. The van der Waals surface area contributed by atoms with Crippen LogP contribution in [0.15, 0.2) is 18.7 Å². The van der Waals surface area contributed by atoms with Crippen LogP contribution >= 0.6 is 0 Å². The molecule has 0 unspecified atom stereocenters. The molecule has 0 spiro atoms. The van der Waals surface area contributed by atoms with Crippen molar-refractivity contribution in [3.63, 3.8) is 0 Å². The van der Waals surface area contributed by atoms with Crippen molar-refractivity contribution in [3.05, 3.63) is 30.2 Å². The summed E-state index contributed by atoms with van der Waals surface area (Å²) in [5.74, 6) is 1.48. The molecule has 1 aliphatic heterocycles. The summed E-state index contributed by atoms with van der Waals surface area (Å²) >= 11 is 0. The smallest absolute Gasteiger partial charge is 0.217 e. The Labute approximate surface area is 146 Å². The Hall–Kier alpha value is -1.46. The summed E-state index contributed by atoms with van der Waals surface area (Å²) in [6.45, 7) is 12.5. The lowest BCUT2D eigenvalue weighted by Crippen LogP contribution is -2.37.